The van der Waals surface area contributed by atoms with Crippen molar-refractivity contribution in [1.29, 1.82) is 0 Å². The zero-order valence-electron chi connectivity index (χ0n) is 10.0. The summed E-state index contributed by atoms with van der Waals surface area (Å²) in [4.78, 5) is 12.0. The molecule has 0 radical (unpaired) electrons. The maximum absolute atomic E-state index is 12.0. The summed E-state index contributed by atoms with van der Waals surface area (Å²) in [5.41, 5.74) is 2.21. The van der Waals surface area contributed by atoms with Gasteiger partial charge in [-0.05, 0) is 24.0 Å². The molecule has 0 amide bonds. The molecule has 86 valence electrons. The van der Waals surface area contributed by atoms with Gasteiger partial charge in [-0.1, -0.05) is 50.8 Å². The molecule has 0 saturated heterocycles. The Morgan fingerprint density at radius 2 is 2.19 bits per heavy atom. The fourth-order valence-corrected chi connectivity index (χ4v) is 2.27. The summed E-state index contributed by atoms with van der Waals surface area (Å²) in [7, 11) is 0. The van der Waals surface area contributed by atoms with Gasteiger partial charge in [0.25, 0.3) is 0 Å². The molecule has 0 aliphatic heterocycles. The summed E-state index contributed by atoms with van der Waals surface area (Å²) in [5.74, 6) is 1.00. The number of aryl methyl sites for hydroxylation is 1. The Hall–Kier alpha value is -1.11. The molecule has 16 heavy (non-hydrogen) atoms. The van der Waals surface area contributed by atoms with Crippen molar-refractivity contribution in [2.75, 3.05) is 0 Å². The van der Waals surface area contributed by atoms with Crippen LogP contribution in [-0.4, -0.2) is 5.78 Å². The molecular formula is C15H20O. The van der Waals surface area contributed by atoms with Crippen molar-refractivity contribution < 1.29 is 4.79 Å². The standard InChI is InChI=1S/C15H20O/c1-2-5-12-8-4-9-14(10-12)15(16)11-13-6-3-7-13/h4,8-10,13H,2-3,5-7,11H2,1H3. The molecule has 0 heterocycles. The van der Waals surface area contributed by atoms with E-state index in [0.29, 0.717) is 11.7 Å². The highest BCUT2D eigenvalue weighted by molar-refractivity contribution is 5.96. The minimum absolute atomic E-state index is 0.336. The first-order chi connectivity index (χ1) is 7.79. The summed E-state index contributed by atoms with van der Waals surface area (Å²) < 4.78 is 0. The van der Waals surface area contributed by atoms with Crippen LogP contribution >= 0.6 is 0 Å². The first-order valence-electron chi connectivity index (χ1n) is 6.41. The molecule has 1 heteroatoms. The number of benzene rings is 1. The first kappa shape index (κ1) is 11.4. The lowest BCUT2D eigenvalue weighted by atomic mass is 9.81. The Balaban J connectivity index is 2.00. The van der Waals surface area contributed by atoms with E-state index >= 15 is 0 Å². The Kier molecular flexibility index (Phi) is 3.76. The molecule has 1 saturated carbocycles. The van der Waals surface area contributed by atoms with Crippen molar-refractivity contribution in [3.05, 3.63) is 35.4 Å². The van der Waals surface area contributed by atoms with Crippen molar-refractivity contribution >= 4 is 5.78 Å². The maximum atomic E-state index is 12.0. The van der Waals surface area contributed by atoms with Crippen molar-refractivity contribution in [3.8, 4) is 0 Å². The van der Waals surface area contributed by atoms with Crippen LogP contribution in [0.1, 0.15) is 54.9 Å². The first-order valence-corrected chi connectivity index (χ1v) is 6.41. The maximum Gasteiger partial charge on any atom is 0.163 e. The Morgan fingerprint density at radius 1 is 1.38 bits per heavy atom. The lowest BCUT2D eigenvalue weighted by molar-refractivity contribution is 0.0936. The van der Waals surface area contributed by atoms with Gasteiger partial charge in [0.15, 0.2) is 5.78 Å². The Labute approximate surface area is 97.9 Å². The van der Waals surface area contributed by atoms with E-state index in [0.717, 1.165) is 24.8 Å². The molecule has 0 unspecified atom stereocenters. The molecule has 1 aliphatic carbocycles. The summed E-state index contributed by atoms with van der Waals surface area (Å²) >= 11 is 0. The molecule has 1 aromatic rings. The molecule has 0 aromatic heterocycles. The third-order valence-electron chi connectivity index (χ3n) is 3.49. The fourth-order valence-electron chi connectivity index (χ4n) is 2.27. The van der Waals surface area contributed by atoms with E-state index in [1.165, 1.54) is 24.8 Å². The van der Waals surface area contributed by atoms with Crippen molar-refractivity contribution in [2.24, 2.45) is 5.92 Å². The number of hydrogen-bond donors (Lipinski definition) is 0. The second-order valence-corrected chi connectivity index (χ2v) is 4.87. The predicted octanol–water partition coefficient (Wildman–Crippen LogP) is 4.01. The number of ketones is 1. The molecule has 1 aliphatic rings. The average Bonchev–Trinajstić information content (AvgIpc) is 2.24. The molecular weight excluding hydrogens is 196 g/mol. The zero-order chi connectivity index (χ0) is 11.4. The number of carbonyl (C=O) groups excluding carboxylic acids is 1. The van der Waals surface area contributed by atoms with E-state index < -0.39 is 0 Å². The summed E-state index contributed by atoms with van der Waals surface area (Å²) in [6, 6.07) is 8.16. The highest BCUT2D eigenvalue weighted by atomic mass is 16.1. The van der Waals surface area contributed by atoms with Crippen LogP contribution in [0.4, 0.5) is 0 Å². The van der Waals surface area contributed by atoms with Crippen LogP contribution in [0.25, 0.3) is 0 Å². The van der Waals surface area contributed by atoms with Crippen LogP contribution in [0.15, 0.2) is 24.3 Å². The van der Waals surface area contributed by atoms with Crippen molar-refractivity contribution in [1.82, 2.24) is 0 Å². The quantitative estimate of drug-likeness (QED) is 0.680. The molecule has 0 bridgehead atoms. The van der Waals surface area contributed by atoms with Gasteiger partial charge in [-0.3, -0.25) is 4.79 Å². The van der Waals surface area contributed by atoms with Crippen LogP contribution in [-0.2, 0) is 6.42 Å². The van der Waals surface area contributed by atoms with Gasteiger partial charge in [0, 0.05) is 12.0 Å². The molecule has 2 rings (SSSR count). The summed E-state index contributed by atoms with van der Waals surface area (Å²) in [6.07, 6.45) is 6.79. The minimum atomic E-state index is 0.336. The average molecular weight is 216 g/mol. The normalized spacial score (nSPS) is 15.8. The monoisotopic (exact) mass is 216 g/mol. The molecule has 0 spiro atoms. The van der Waals surface area contributed by atoms with Gasteiger partial charge in [0.2, 0.25) is 0 Å². The number of Topliss-reactive ketones (excluding diaryl/α,β-unsaturated/α-hetero) is 1. The lowest BCUT2D eigenvalue weighted by Crippen LogP contribution is -2.16. The lowest BCUT2D eigenvalue weighted by Gasteiger charge is -2.24. The molecule has 0 N–H and O–H groups in total. The van der Waals surface area contributed by atoms with E-state index in [-0.39, 0.29) is 0 Å². The van der Waals surface area contributed by atoms with E-state index in [2.05, 4.69) is 19.1 Å². The highest BCUT2D eigenvalue weighted by Crippen LogP contribution is 2.30. The Morgan fingerprint density at radius 3 is 2.81 bits per heavy atom. The van der Waals surface area contributed by atoms with Crippen molar-refractivity contribution in [3.63, 3.8) is 0 Å². The molecule has 1 nitrogen and oxygen atoms in total. The highest BCUT2D eigenvalue weighted by Gasteiger charge is 2.21. The van der Waals surface area contributed by atoms with Crippen LogP contribution in [0.3, 0.4) is 0 Å². The predicted molar refractivity (Wildman–Crippen MR) is 66.7 cm³/mol. The van der Waals surface area contributed by atoms with E-state index in [1.807, 2.05) is 12.1 Å². The number of carbonyl (C=O) groups is 1. The second-order valence-electron chi connectivity index (χ2n) is 4.87. The van der Waals surface area contributed by atoms with Crippen LogP contribution in [0, 0.1) is 5.92 Å². The van der Waals surface area contributed by atoms with E-state index in [4.69, 9.17) is 0 Å². The minimum Gasteiger partial charge on any atom is -0.294 e. The van der Waals surface area contributed by atoms with E-state index in [9.17, 15) is 4.79 Å². The third kappa shape index (κ3) is 2.72. The molecule has 0 atom stereocenters. The van der Waals surface area contributed by atoms with E-state index in [1.54, 1.807) is 0 Å². The molecule has 1 fully saturated rings. The third-order valence-corrected chi connectivity index (χ3v) is 3.49. The Bertz CT molecular complexity index is 363. The summed E-state index contributed by atoms with van der Waals surface area (Å²) in [6.45, 7) is 2.17. The fraction of sp³-hybridized carbons (Fsp3) is 0.533. The topological polar surface area (TPSA) is 17.1 Å². The number of hydrogen-bond acceptors (Lipinski definition) is 1. The second kappa shape index (κ2) is 5.29. The zero-order valence-corrected chi connectivity index (χ0v) is 10.0. The van der Waals surface area contributed by atoms with Crippen LogP contribution in [0.5, 0.6) is 0 Å². The van der Waals surface area contributed by atoms with Crippen molar-refractivity contribution in [2.45, 2.75) is 45.4 Å². The van der Waals surface area contributed by atoms with Crippen LogP contribution in [0.2, 0.25) is 0 Å². The van der Waals surface area contributed by atoms with Gasteiger partial charge in [0.1, 0.15) is 0 Å². The number of rotatable bonds is 5. The van der Waals surface area contributed by atoms with Gasteiger partial charge in [0.05, 0.1) is 0 Å². The van der Waals surface area contributed by atoms with Crippen LogP contribution < -0.4 is 0 Å². The SMILES string of the molecule is CCCc1cccc(C(=O)CC2CCC2)c1. The van der Waals surface area contributed by atoms with Gasteiger partial charge >= 0.3 is 0 Å². The molecule has 1 aromatic carbocycles. The largest absolute Gasteiger partial charge is 0.294 e. The summed E-state index contributed by atoms with van der Waals surface area (Å²) in [5, 5.41) is 0. The van der Waals surface area contributed by atoms with Gasteiger partial charge in [-0.2, -0.15) is 0 Å². The van der Waals surface area contributed by atoms with Gasteiger partial charge < -0.3 is 0 Å². The smallest absolute Gasteiger partial charge is 0.163 e. The van der Waals surface area contributed by atoms with Gasteiger partial charge in [-0.15, -0.1) is 0 Å². The van der Waals surface area contributed by atoms with Gasteiger partial charge in [-0.25, -0.2) is 0 Å².